The summed E-state index contributed by atoms with van der Waals surface area (Å²) >= 11 is 6.08. The topological polar surface area (TPSA) is 51.8 Å². The molecule has 0 unspecified atom stereocenters. The molecule has 0 aliphatic carbocycles. The summed E-state index contributed by atoms with van der Waals surface area (Å²) in [5.41, 5.74) is 7.67. The number of aromatic nitrogens is 2. The SMILES string of the molecule is CCc1nc(N)c(C)c(-c2cc(F)ccc2Cl)n1. The lowest BCUT2D eigenvalue weighted by molar-refractivity contribution is 0.628. The molecule has 2 N–H and O–H groups in total. The second-order valence-corrected chi connectivity index (χ2v) is 4.38. The van der Waals surface area contributed by atoms with Crippen LogP contribution in [0.4, 0.5) is 10.2 Å². The summed E-state index contributed by atoms with van der Waals surface area (Å²) < 4.78 is 13.3. The fourth-order valence-electron chi connectivity index (χ4n) is 1.68. The number of nitrogens with zero attached hydrogens (tertiary/aromatic N) is 2. The fourth-order valence-corrected chi connectivity index (χ4v) is 1.89. The molecule has 1 heterocycles. The summed E-state index contributed by atoms with van der Waals surface area (Å²) in [7, 11) is 0. The van der Waals surface area contributed by atoms with Gasteiger partial charge in [0.25, 0.3) is 0 Å². The van der Waals surface area contributed by atoms with E-state index in [0.717, 1.165) is 0 Å². The van der Waals surface area contributed by atoms with E-state index in [1.807, 2.05) is 6.92 Å². The number of anilines is 1. The standard InChI is InChI=1S/C13H13ClFN3/c1-3-11-17-12(7(2)13(16)18-11)9-6-8(15)4-5-10(9)14/h4-6H,3H2,1-2H3,(H2,16,17,18). The highest BCUT2D eigenvalue weighted by Gasteiger charge is 2.13. The minimum atomic E-state index is -0.357. The van der Waals surface area contributed by atoms with E-state index in [-0.39, 0.29) is 5.82 Å². The van der Waals surface area contributed by atoms with Crippen LogP contribution in [-0.4, -0.2) is 9.97 Å². The van der Waals surface area contributed by atoms with Gasteiger partial charge < -0.3 is 5.73 Å². The molecule has 0 atom stereocenters. The Bertz CT molecular complexity index is 599. The molecular weight excluding hydrogens is 253 g/mol. The van der Waals surface area contributed by atoms with Crippen LogP contribution in [0.25, 0.3) is 11.3 Å². The van der Waals surface area contributed by atoms with Crippen LogP contribution in [0.2, 0.25) is 5.02 Å². The van der Waals surface area contributed by atoms with Crippen molar-refractivity contribution >= 4 is 17.4 Å². The highest BCUT2D eigenvalue weighted by molar-refractivity contribution is 6.33. The van der Waals surface area contributed by atoms with Crippen molar-refractivity contribution in [3.8, 4) is 11.3 Å². The molecule has 0 saturated carbocycles. The monoisotopic (exact) mass is 265 g/mol. The maximum Gasteiger partial charge on any atom is 0.131 e. The van der Waals surface area contributed by atoms with Crippen LogP contribution >= 0.6 is 11.6 Å². The first kappa shape index (κ1) is 12.8. The molecule has 5 heteroatoms. The largest absolute Gasteiger partial charge is 0.383 e. The number of hydrogen-bond donors (Lipinski definition) is 1. The van der Waals surface area contributed by atoms with Crippen molar-refractivity contribution < 1.29 is 4.39 Å². The van der Waals surface area contributed by atoms with Crippen molar-refractivity contribution in [3.63, 3.8) is 0 Å². The summed E-state index contributed by atoms with van der Waals surface area (Å²) in [6.07, 6.45) is 0.657. The first-order valence-corrected chi connectivity index (χ1v) is 5.99. The van der Waals surface area contributed by atoms with Crippen LogP contribution in [0.1, 0.15) is 18.3 Å². The average molecular weight is 266 g/mol. The lowest BCUT2D eigenvalue weighted by Gasteiger charge is -2.10. The number of aryl methyl sites for hydroxylation is 1. The molecule has 0 fully saturated rings. The second-order valence-electron chi connectivity index (χ2n) is 3.98. The van der Waals surface area contributed by atoms with Gasteiger partial charge in [-0.1, -0.05) is 18.5 Å². The Balaban J connectivity index is 2.69. The van der Waals surface area contributed by atoms with Crippen LogP contribution < -0.4 is 5.73 Å². The highest BCUT2D eigenvalue weighted by Crippen LogP contribution is 2.31. The third-order valence-electron chi connectivity index (χ3n) is 2.73. The number of rotatable bonds is 2. The molecule has 1 aromatic carbocycles. The lowest BCUT2D eigenvalue weighted by atomic mass is 10.1. The van der Waals surface area contributed by atoms with E-state index in [1.165, 1.54) is 18.2 Å². The Morgan fingerprint density at radius 2 is 2.06 bits per heavy atom. The summed E-state index contributed by atoms with van der Waals surface area (Å²) in [6, 6.07) is 4.18. The summed E-state index contributed by atoms with van der Waals surface area (Å²) in [5.74, 6) is 0.662. The third-order valence-corrected chi connectivity index (χ3v) is 3.06. The normalized spacial score (nSPS) is 10.7. The minimum absolute atomic E-state index is 0.357. The van der Waals surface area contributed by atoms with Crippen molar-refractivity contribution in [3.05, 3.63) is 40.4 Å². The van der Waals surface area contributed by atoms with Crippen molar-refractivity contribution in [2.75, 3.05) is 5.73 Å². The number of nitrogens with two attached hydrogens (primary N) is 1. The van der Waals surface area contributed by atoms with Crippen LogP contribution in [0.3, 0.4) is 0 Å². The Labute approximate surface area is 110 Å². The molecule has 0 spiro atoms. The van der Waals surface area contributed by atoms with Crippen molar-refractivity contribution in [1.29, 1.82) is 0 Å². The Kier molecular flexibility index (Phi) is 3.48. The van der Waals surface area contributed by atoms with E-state index in [2.05, 4.69) is 9.97 Å². The third kappa shape index (κ3) is 2.29. The van der Waals surface area contributed by atoms with Gasteiger partial charge in [-0.05, 0) is 25.1 Å². The molecule has 0 saturated heterocycles. The molecule has 0 radical (unpaired) electrons. The zero-order valence-electron chi connectivity index (χ0n) is 10.2. The van der Waals surface area contributed by atoms with Gasteiger partial charge in [0.2, 0.25) is 0 Å². The van der Waals surface area contributed by atoms with Crippen molar-refractivity contribution in [1.82, 2.24) is 9.97 Å². The fraction of sp³-hybridized carbons (Fsp3) is 0.231. The van der Waals surface area contributed by atoms with Gasteiger partial charge >= 0.3 is 0 Å². The molecule has 1 aromatic heterocycles. The lowest BCUT2D eigenvalue weighted by Crippen LogP contribution is -2.04. The molecule has 0 aliphatic heterocycles. The Morgan fingerprint density at radius 3 is 2.72 bits per heavy atom. The number of halogens is 2. The highest BCUT2D eigenvalue weighted by atomic mass is 35.5. The molecule has 0 bridgehead atoms. The van der Waals surface area contributed by atoms with Gasteiger partial charge in [-0.3, -0.25) is 0 Å². The van der Waals surface area contributed by atoms with Gasteiger partial charge in [-0.15, -0.1) is 0 Å². The Hall–Kier alpha value is -1.68. The van der Waals surface area contributed by atoms with E-state index in [1.54, 1.807) is 6.92 Å². The second kappa shape index (κ2) is 4.90. The minimum Gasteiger partial charge on any atom is -0.383 e. The molecule has 18 heavy (non-hydrogen) atoms. The predicted molar refractivity (Wildman–Crippen MR) is 71.0 cm³/mol. The Morgan fingerprint density at radius 1 is 1.33 bits per heavy atom. The number of hydrogen-bond acceptors (Lipinski definition) is 3. The average Bonchev–Trinajstić information content (AvgIpc) is 2.35. The van der Waals surface area contributed by atoms with Gasteiger partial charge in [0.05, 0.1) is 10.7 Å². The van der Waals surface area contributed by atoms with E-state index in [0.29, 0.717) is 39.9 Å². The van der Waals surface area contributed by atoms with Crippen LogP contribution in [0.15, 0.2) is 18.2 Å². The number of nitrogen functional groups attached to an aromatic ring is 1. The van der Waals surface area contributed by atoms with Crippen LogP contribution in [-0.2, 0) is 6.42 Å². The van der Waals surface area contributed by atoms with Gasteiger partial charge in [-0.2, -0.15) is 0 Å². The van der Waals surface area contributed by atoms with Crippen molar-refractivity contribution in [2.45, 2.75) is 20.3 Å². The molecule has 2 rings (SSSR count). The van der Waals surface area contributed by atoms with Crippen LogP contribution in [0, 0.1) is 12.7 Å². The zero-order chi connectivity index (χ0) is 13.3. The van der Waals surface area contributed by atoms with Gasteiger partial charge in [0, 0.05) is 17.5 Å². The quantitative estimate of drug-likeness (QED) is 0.906. The molecule has 3 nitrogen and oxygen atoms in total. The van der Waals surface area contributed by atoms with Crippen LogP contribution in [0.5, 0.6) is 0 Å². The molecule has 2 aromatic rings. The zero-order valence-corrected chi connectivity index (χ0v) is 10.9. The summed E-state index contributed by atoms with van der Waals surface area (Å²) in [5, 5.41) is 0.444. The van der Waals surface area contributed by atoms with E-state index in [4.69, 9.17) is 17.3 Å². The molecular formula is C13H13ClFN3. The maximum absolute atomic E-state index is 13.3. The molecule has 94 valence electrons. The first-order chi connectivity index (χ1) is 8.52. The van der Waals surface area contributed by atoms with Gasteiger partial charge in [0.1, 0.15) is 17.5 Å². The number of benzene rings is 1. The van der Waals surface area contributed by atoms with Gasteiger partial charge in [-0.25, -0.2) is 14.4 Å². The molecule has 0 amide bonds. The van der Waals surface area contributed by atoms with E-state index in [9.17, 15) is 4.39 Å². The van der Waals surface area contributed by atoms with Crippen molar-refractivity contribution in [2.24, 2.45) is 0 Å². The molecule has 0 aliphatic rings. The first-order valence-electron chi connectivity index (χ1n) is 5.61. The smallest absolute Gasteiger partial charge is 0.131 e. The predicted octanol–water partition coefficient (Wildman–Crippen LogP) is 3.39. The van der Waals surface area contributed by atoms with Gasteiger partial charge in [0.15, 0.2) is 0 Å². The summed E-state index contributed by atoms with van der Waals surface area (Å²) in [6.45, 7) is 3.73. The van der Waals surface area contributed by atoms with E-state index < -0.39 is 0 Å². The maximum atomic E-state index is 13.3. The summed E-state index contributed by atoms with van der Waals surface area (Å²) in [4.78, 5) is 8.54. The van der Waals surface area contributed by atoms with E-state index >= 15 is 0 Å².